The van der Waals surface area contributed by atoms with Gasteiger partial charge in [0.05, 0.1) is 35.0 Å². The standard InChI is InChI=1S/C30H34N4O5S2/c1-5-32(6-2)17-18-33(30-31-24-19-26(38-3)27(39-4)20-28(24)40-30)29(35)22-11-13-23(14-12-22)41(36,37)34-16-15-21-9-7-8-10-25(21)34/h7-14,19-20H,5-6,15-18H2,1-4H3. The minimum Gasteiger partial charge on any atom is -0.493 e. The maximum Gasteiger partial charge on any atom is 0.264 e. The van der Waals surface area contributed by atoms with Crippen LogP contribution < -0.4 is 18.7 Å². The van der Waals surface area contributed by atoms with Gasteiger partial charge in [-0.25, -0.2) is 13.4 Å². The first-order chi connectivity index (χ1) is 19.8. The number of thiazole rings is 1. The molecule has 0 bridgehead atoms. The highest BCUT2D eigenvalue weighted by atomic mass is 32.2. The van der Waals surface area contributed by atoms with Gasteiger partial charge in [0.15, 0.2) is 16.6 Å². The summed E-state index contributed by atoms with van der Waals surface area (Å²) in [7, 11) is -0.604. The summed E-state index contributed by atoms with van der Waals surface area (Å²) in [6.45, 7) is 7.39. The molecule has 0 fully saturated rings. The van der Waals surface area contributed by atoms with Crippen molar-refractivity contribution in [2.75, 3.05) is 56.1 Å². The number of hydrogen-bond acceptors (Lipinski definition) is 8. The molecule has 0 atom stereocenters. The molecule has 9 nitrogen and oxygen atoms in total. The lowest BCUT2D eigenvalue weighted by atomic mass is 10.2. The Hall–Kier alpha value is -3.67. The molecule has 0 radical (unpaired) electrons. The zero-order chi connectivity index (χ0) is 29.1. The van der Waals surface area contributed by atoms with Crippen LogP contribution in [0.5, 0.6) is 11.5 Å². The maximum absolute atomic E-state index is 13.9. The van der Waals surface area contributed by atoms with E-state index in [-0.39, 0.29) is 10.8 Å². The second-order valence-corrected chi connectivity index (χ2v) is 12.5. The summed E-state index contributed by atoms with van der Waals surface area (Å²) < 4.78 is 40.1. The van der Waals surface area contributed by atoms with Crippen molar-refractivity contribution in [1.29, 1.82) is 0 Å². The van der Waals surface area contributed by atoms with Gasteiger partial charge in [-0.1, -0.05) is 43.4 Å². The molecule has 0 aliphatic carbocycles. The predicted octanol–water partition coefficient (Wildman–Crippen LogP) is 5.05. The molecular formula is C30H34N4O5S2. The Balaban J connectivity index is 1.45. The first-order valence-corrected chi connectivity index (χ1v) is 15.8. The van der Waals surface area contributed by atoms with Gasteiger partial charge >= 0.3 is 0 Å². The van der Waals surface area contributed by atoms with Crippen LogP contribution in [0.2, 0.25) is 0 Å². The summed E-state index contributed by atoms with van der Waals surface area (Å²) in [5.41, 5.74) is 2.81. The average molecular weight is 595 g/mol. The van der Waals surface area contributed by atoms with E-state index in [9.17, 15) is 13.2 Å². The lowest BCUT2D eigenvalue weighted by Gasteiger charge is -2.25. The summed E-state index contributed by atoms with van der Waals surface area (Å²) >= 11 is 1.40. The molecule has 0 unspecified atom stereocenters. The normalized spacial score (nSPS) is 13.0. The van der Waals surface area contributed by atoms with E-state index in [0.717, 1.165) is 23.4 Å². The molecule has 0 saturated heterocycles. The molecule has 3 aromatic carbocycles. The molecule has 0 saturated carbocycles. The number of nitrogens with zero attached hydrogens (tertiary/aromatic N) is 4. The highest BCUT2D eigenvalue weighted by Gasteiger charge is 2.31. The van der Waals surface area contributed by atoms with Gasteiger partial charge in [0.1, 0.15) is 0 Å². The molecule has 1 amide bonds. The van der Waals surface area contributed by atoms with Crippen molar-refractivity contribution in [3.8, 4) is 11.5 Å². The van der Waals surface area contributed by atoms with Crippen molar-refractivity contribution in [2.45, 2.75) is 25.2 Å². The molecule has 1 aliphatic heterocycles. The number of sulfonamides is 1. The lowest BCUT2D eigenvalue weighted by Crippen LogP contribution is -2.39. The van der Waals surface area contributed by atoms with Crippen LogP contribution in [0.1, 0.15) is 29.8 Å². The fourth-order valence-corrected chi connectivity index (χ4v) is 7.54. The lowest BCUT2D eigenvalue weighted by molar-refractivity contribution is 0.0983. The van der Waals surface area contributed by atoms with E-state index in [1.165, 1.54) is 27.8 Å². The largest absolute Gasteiger partial charge is 0.493 e. The summed E-state index contributed by atoms with van der Waals surface area (Å²) in [4.78, 5) is 22.7. The van der Waals surface area contributed by atoms with Gasteiger partial charge in [-0.05, 0) is 55.4 Å². The number of likely N-dealkylation sites (N-methyl/N-ethyl adjacent to an activating group) is 1. The summed E-state index contributed by atoms with van der Waals surface area (Å²) in [6, 6.07) is 17.4. The van der Waals surface area contributed by atoms with Crippen molar-refractivity contribution in [1.82, 2.24) is 9.88 Å². The molecule has 41 heavy (non-hydrogen) atoms. The van der Waals surface area contributed by atoms with Crippen molar-refractivity contribution in [2.24, 2.45) is 0 Å². The molecular weight excluding hydrogens is 560 g/mol. The van der Waals surface area contributed by atoms with Crippen LogP contribution in [0.4, 0.5) is 10.8 Å². The number of rotatable bonds is 11. The quantitative estimate of drug-likeness (QED) is 0.240. The van der Waals surface area contributed by atoms with Gasteiger partial charge in [-0.3, -0.25) is 14.0 Å². The van der Waals surface area contributed by atoms with E-state index in [0.29, 0.717) is 59.5 Å². The van der Waals surface area contributed by atoms with Crippen LogP contribution in [0.3, 0.4) is 0 Å². The molecule has 0 N–H and O–H groups in total. The van der Waals surface area contributed by atoms with Crippen LogP contribution in [0, 0.1) is 0 Å². The number of hydrogen-bond donors (Lipinski definition) is 0. The Bertz CT molecular complexity index is 1610. The fraction of sp³-hybridized carbons (Fsp3) is 0.333. The SMILES string of the molecule is CCN(CC)CCN(C(=O)c1ccc(S(=O)(=O)N2CCc3ccccc32)cc1)c1nc2cc(OC)c(OC)cc2s1. The van der Waals surface area contributed by atoms with Gasteiger partial charge in [-0.15, -0.1) is 0 Å². The van der Waals surface area contributed by atoms with Crippen LogP contribution >= 0.6 is 11.3 Å². The average Bonchev–Trinajstić information content (AvgIpc) is 3.63. The number of carbonyl (C=O) groups excluding carboxylic acids is 1. The van der Waals surface area contributed by atoms with Gasteiger partial charge in [0.2, 0.25) is 0 Å². The van der Waals surface area contributed by atoms with E-state index < -0.39 is 10.0 Å². The molecule has 2 heterocycles. The number of anilines is 2. The fourth-order valence-electron chi connectivity index (χ4n) is 5.03. The summed E-state index contributed by atoms with van der Waals surface area (Å²) in [5.74, 6) is 0.912. The minimum absolute atomic E-state index is 0.152. The molecule has 11 heteroatoms. The number of amides is 1. The van der Waals surface area contributed by atoms with Crippen LogP contribution in [0.15, 0.2) is 65.6 Å². The van der Waals surface area contributed by atoms with E-state index in [4.69, 9.17) is 14.5 Å². The van der Waals surface area contributed by atoms with Gasteiger partial charge in [-0.2, -0.15) is 0 Å². The Kier molecular flexibility index (Phi) is 8.48. The van der Waals surface area contributed by atoms with Crippen molar-refractivity contribution < 1.29 is 22.7 Å². The van der Waals surface area contributed by atoms with Gasteiger partial charge < -0.3 is 14.4 Å². The van der Waals surface area contributed by atoms with E-state index in [2.05, 4.69) is 18.7 Å². The number of fused-ring (bicyclic) bond motifs is 2. The number of aromatic nitrogens is 1. The van der Waals surface area contributed by atoms with Gasteiger partial charge in [0.25, 0.3) is 15.9 Å². The zero-order valence-corrected chi connectivity index (χ0v) is 25.3. The first-order valence-electron chi connectivity index (χ1n) is 13.6. The number of methoxy groups -OCH3 is 2. The summed E-state index contributed by atoms with van der Waals surface area (Å²) in [5, 5.41) is 0.554. The van der Waals surface area contributed by atoms with E-state index in [1.54, 1.807) is 37.3 Å². The van der Waals surface area contributed by atoms with Crippen LogP contribution in [0.25, 0.3) is 10.2 Å². The predicted molar refractivity (Wildman–Crippen MR) is 163 cm³/mol. The Labute approximate surface area is 245 Å². The van der Waals surface area contributed by atoms with Crippen molar-refractivity contribution in [3.05, 3.63) is 71.8 Å². The van der Waals surface area contributed by atoms with Crippen LogP contribution in [-0.2, 0) is 16.4 Å². The first kappa shape index (κ1) is 28.8. The number of ether oxygens (including phenoxy) is 2. The van der Waals surface area contributed by atoms with E-state index >= 15 is 0 Å². The van der Waals surface area contributed by atoms with Crippen molar-refractivity contribution in [3.63, 3.8) is 0 Å². The maximum atomic E-state index is 13.9. The number of benzene rings is 3. The third-order valence-electron chi connectivity index (χ3n) is 7.43. The Morgan fingerprint density at radius 2 is 1.66 bits per heavy atom. The third kappa shape index (κ3) is 5.61. The Morgan fingerprint density at radius 1 is 0.976 bits per heavy atom. The molecule has 5 rings (SSSR count). The highest BCUT2D eigenvalue weighted by molar-refractivity contribution is 7.92. The smallest absolute Gasteiger partial charge is 0.264 e. The molecule has 0 spiro atoms. The van der Waals surface area contributed by atoms with Gasteiger partial charge in [0, 0.05) is 37.3 Å². The second kappa shape index (κ2) is 12.1. The topological polar surface area (TPSA) is 92.3 Å². The minimum atomic E-state index is -3.76. The zero-order valence-electron chi connectivity index (χ0n) is 23.7. The van der Waals surface area contributed by atoms with E-state index in [1.807, 2.05) is 30.3 Å². The summed E-state index contributed by atoms with van der Waals surface area (Å²) in [6.07, 6.45) is 0.674. The molecule has 216 valence electrons. The Morgan fingerprint density at radius 3 is 2.34 bits per heavy atom. The van der Waals surface area contributed by atoms with Crippen molar-refractivity contribution >= 4 is 48.3 Å². The molecule has 1 aliphatic rings. The molecule has 4 aromatic rings. The highest BCUT2D eigenvalue weighted by Crippen LogP contribution is 2.38. The number of carbonyl (C=O) groups is 1. The van der Waals surface area contributed by atoms with Crippen LogP contribution in [-0.4, -0.2) is 71.2 Å². The third-order valence-corrected chi connectivity index (χ3v) is 10.3. The monoisotopic (exact) mass is 594 g/mol. The molecule has 1 aromatic heterocycles. The second-order valence-electron chi connectivity index (χ2n) is 9.64. The number of para-hydroxylation sites is 1.